The van der Waals surface area contributed by atoms with Gasteiger partial charge in [0.05, 0.1) is 16.8 Å². The van der Waals surface area contributed by atoms with Gasteiger partial charge in [0, 0.05) is 33.0 Å². The number of amides is 1. The van der Waals surface area contributed by atoms with E-state index in [0.29, 0.717) is 32.6 Å². The molecular formula is C13H22N4O2. The number of nitrogens with one attached hydrogen (secondary N) is 1. The number of anilines is 1. The van der Waals surface area contributed by atoms with E-state index in [0.717, 1.165) is 17.8 Å². The van der Waals surface area contributed by atoms with Gasteiger partial charge in [-0.15, -0.1) is 0 Å². The van der Waals surface area contributed by atoms with Gasteiger partial charge < -0.3 is 15.8 Å². The fourth-order valence-electron chi connectivity index (χ4n) is 2.44. The molecule has 0 bridgehead atoms. The van der Waals surface area contributed by atoms with E-state index in [2.05, 4.69) is 10.4 Å². The summed E-state index contributed by atoms with van der Waals surface area (Å²) in [5.41, 5.74) is 7.02. The van der Waals surface area contributed by atoms with E-state index in [4.69, 9.17) is 10.5 Å². The zero-order valence-electron chi connectivity index (χ0n) is 11.6. The Morgan fingerprint density at radius 3 is 2.84 bits per heavy atom. The third kappa shape index (κ3) is 2.79. The second kappa shape index (κ2) is 5.71. The lowest BCUT2D eigenvalue weighted by atomic mass is 9.79. The van der Waals surface area contributed by atoms with Crippen molar-refractivity contribution < 1.29 is 9.53 Å². The Hall–Kier alpha value is -1.40. The lowest BCUT2D eigenvalue weighted by molar-refractivity contribution is -0.130. The number of nitrogens with two attached hydrogens (primary N) is 1. The Kier molecular flexibility index (Phi) is 4.21. The molecule has 0 spiro atoms. The van der Waals surface area contributed by atoms with Crippen LogP contribution in [0.15, 0.2) is 6.20 Å². The van der Waals surface area contributed by atoms with Crippen molar-refractivity contribution in [3.63, 3.8) is 0 Å². The Morgan fingerprint density at radius 1 is 1.58 bits per heavy atom. The highest BCUT2D eigenvalue weighted by atomic mass is 16.5. The van der Waals surface area contributed by atoms with E-state index in [1.54, 1.807) is 4.68 Å². The third-order valence-electron chi connectivity index (χ3n) is 3.81. The quantitative estimate of drug-likeness (QED) is 0.839. The molecule has 1 aromatic heterocycles. The smallest absolute Gasteiger partial charge is 0.232 e. The van der Waals surface area contributed by atoms with Crippen molar-refractivity contribution in [2.24, 2.45) is 18.2 Å². The molecule has 1 aliphatic rings. The fraction of sp³-hybridized carbons (Fsp3) is 0.692. The molecule has 2 rings (SSSR count). The van der Waals surface area contributed by atoms with E-state index in [1.807, 2.05) is 20.2 Å². The number of carbonyl (C=O) groups excluding carboxylic acids is 1. The number of ether oxygens (including phenoxy) is 1. The van der Waals surface area contributed by atoms with Gasteiger partial charge in [-0.3, -0.25) is 9.48 Å². The molecule has 6 nitrogen and oxygen atoms in total. The molecule has 0 radical (unpaired) electrons. The van der Waals surface area contributed by atoms with Crippen LogP contribution in [0.5, 0.6) is 0 Å². The maximum atomic E-state index is 12.5. The summed E-state index contributed by atoms with van der Waals surface area (Å²) in [7, 11) is 1.85. The molecule has 1 aliphatic heterocycles. The van der Waals surface area contributed by atoms with E-state index in [-0.39, 0.29) is 5.91 Å². The molecule has 1 fully saturated rings. The molecule has 0 saturated carbocycles. The van der Waals surface area contributed by atoms with Gasteiger partial charge in [-0.25, -0.2) is 0 Å². The van der Waals surface area contributed by atoms with Crippen LogP contribution in [0, 0.1) is 5.41 Å². The van der Waals surface area contributed by atoms with Gasteiger partial charge >= 0.3 is 0 Å². The van der Waals surface area contributed by atoms with Gasteiger partial charge in [0.1, 0.15) is 0 Å². The molecule has 2 heterocycles. The first-order valence-electron chi connectivity index (χ1n) is 6.73. The monoisotopic (exact) mass is 266 g/mol. The molecule has 0 aromatic carbocycles. The lowest BCUT2D eigenvalue weighted by Crippen LogP contribution is -2.46. The Balaban J connectivity index is 2.14. The second-order valence-electron chi connectivity index (χ2n) is 5.07. The number of carbonyl (C=O) groups is 1. The van der Waals surface area contributed by atoms with Gasteiger partial charge in [0.25, 0.3) is 0 Å². The van der Waals surface area contributed by atoms with E-state index in [1.165, 1.54) is 0 Å². The molecule has 3 N–H and O–H groups in total. The van der Waals surface area contributed by atoms with Crippen LogP contribution in [-0.4, -0.2) is 35.4 Å². The minimum absolute atomic E-state index is 0.0130. The van der Waals surface area contributed by atoms with Crippen molar-refractivity contribution in [1.82, 2.24) is 9.78 Å². The largest absolute Gasteiger partial charge is 0.381 e. The SMILES string of the molecule is CCc1nn(C)cc1NC(=O)C1(CN)CCOCC1. The average Bonchev–Trinajstić information content (AvgIpc) is 2.79. The molecule has 6 heteroatoms. The first-order valence-corrected chi connectivity index (χ1v) is 6.73. The van der Waals surface area contributed by atoms with Crippen molar-refractivity contribution in [3.8, 4) is 0 Å². The first kappa shape index (κ1) is 14.0. The lowest BCUT2D eigenvalue weighted by Gasteiger charge is -2.34. The highest BCUT2D eigenvalue weighted by Crippen LogP contribution is 2.31. The minimum Gasteiger partial charge on any atom is -0.381 e. The van der Waals surface area contributed by atoms with Crippen molar-refractivity contribution in [3.05, 3.63) is 11.9 Å². The normalized spacial score (nSPS) is 18.3. The highest BCUT2D eigenvalue weighted by Gasteiger charge is 2.39. The first-order chi connectivity index (χ1) is 9.11. The van der Waals surface area contributed by atoms with Crippen LogP contribution in [0.3, 0.4) is 0 Å². The number of hydrogen-bond acceptors (Lipinski definition) is 4. The van der Waals surface area contributed by atoms with Gasteiger partial charge in [-0.2, -0.15) is 5.10 Å². The molecule has 19 heavy (non-hydrogen) atoms. The molecule has 1 saturated heterocycles. The van der Waals surface area contributed by atoms with E-state index in [9.17, 15) is 4.79 Å². The molecule has 1 amide bonds. The summed E-state index contributed by atoms with van der Waals surface area (Å²) in [6.07, 6.45) is 3.98. The predicted octanol–water partition coefficient (Wildman–Crippen LogP) is 0.676. The molecule has 106 valence electrons. The Morgan fingerprint density at radius 2 is 2.26 bits per heavy atom. The summed E-state index contributed by atoms with van der Waals surface area (Å²) in [5, 5.41) is 7.31. The van der Waals surface area contributed by atoms with Gasteiger partial charge in [0.2, 0.25) is 5.91 Å². The molecular weight excluding hydrogens is 244 g/mol. The van der Waals surface area contributed by atoms with Crippen molar-refractivity contribution in [2.75, 3.05) is 25.1 Å². The van der Waals surface area contributed by atoms with Crippen LogP contribution in [0.4, 0.5) is 5.69 Å². The summed E-state index contributed by atoms with van der Waals surface area (Å²) in [6, 6.07) is 0. The number of hydrogen-bond donors (Lipinski definition) is 2. The minimum atomic E-state index is -0.501. The second-order valence-corrected chi connectivity index (χ2v) is 5.07. The van der Waals surface area contributed by atoms with Crippen LogP contribution in [0.25, 0.3) is 0 Å². The van der Waals surface area contributed by atoms with Crippen molar-refractivity contribution in [1.29, 1.82) is 0 Å². The third-order valence-corrected chi connectivity index (χ3v) is 3.81. The summed E-state index contributed by atoms with van der Waals surface area (Å²) in [5.74, 6) is -0.0130. The van der Waals surface area contributed by atoms with E-state index >= 15 is 0 Å². The molecule has 1 aromatic rings. The van der Waals surface area contributed by atoms with Crippen LogP contribution >= 0.6 is 0 Å². The van der Waals surface area contributed by atoms with Crippen molar-refractivity contribution >= 4 is 11.6 Å². The maximum Gasteiger partial charge on any atom is 0.232 e. The Bertz CT molecular complexity index is 449. The van der Waals surface area contributed by atoms with Crippen LogP contribution in [0.1, 0.15) is 25.5 Å². The summed E-state index contributed by atoms with van der Waals surface area (Å²) in [6.45, 7) is 3.56. The molecule has 0 atom stereocenters. The van der Waals surface area contributed by atoms with Crippen LogP contribution in [-0.2, 0) is 23.0 Å². The fourth-order valence-corrected chi connectivity index (χ4v) is 2.44. The summed E-state index contributed by atoms with van der Waals surface area (Å²) >= 11 is 0. The number of aryl methyl sites for hydroxylation is 2. The topological polar surface area (TPSA) is 82.2 Å². The number of rotatable bonds is 4. The molecule has 0 aliphatic carbocycles. The number of nitrogens with zero attached hydrogens (tertiary/aromatic N) is 2. The number of aromatic nitrogens is 2. The average molecular weight is 266 g/mol. The highest BCUT2D eigenvalue weighted by molar-refractivity contribution is 5.96. The Labute approximate surface area is 113 Å². The van der Waals surface area contributed by atoms with Crippen LogP contribution < -0.4 is 11.1 Å². The maximum absolute atomic E-state index is 12.5. The zero-order valence-corrected chi connectivity index (χ0v) is 11.6. The standard InChI is InChI=1S/C13H22N4O2/c1-3-10-11(8-17(2)16-10)15-12(18)13(9-14)4-6-19-7-5-13/h8H,3-7,9,14H2,1-2H3,(H,15,18). The molecule has 0 unspecified atom stereocenters. The van der Waals surface area contributed by atoms with Crippen molar-refractivity contribution in [2.45, 2.75) is 26.2 Å². The van der Waals surface area contributed by atoms with Gasteiger partial charge in [0.15, 0.2) is 0 Å². The predicted molar refractivity (Wildman–Crippen MR) is 72.8 cm³/mol. The summed E-state index contributed by atoms with van der Waals surface area (Å²) < 4.78 is 7.04. The van der Waals surface area contributed by atoms with Gasteiger partial charge in [-0.1, -0.05) is 6.92 Å². The van der Waals surface area contributed by atoms with E-state index < -0.39 is 5.41 Å². The zero-order chi connectivity index (χ0) is 13.9. The summed E-state index contributed by atoms with van der Waals surface area (Å²) in [4.78, 5) is 12.5. The van der Waals surface area contributed by atoms with Crippen LogP contribution in [0.2, 0.25) is 0 Å². The van der Waals surface area contributed by atoms with Gasteiger partial charge in [-0.05, 0) is 19.3 Å².